The third-order valence-electron chi connectivity index (χ3n) is 7.78. The van der Waals surface area contributed by atoms with Gasteiger partial charge in [0.2, 0.25) is 0 Å². The van der Waals surface area contributed by atoms with Gasteiger partial charge in [-0.25, -0.2) is 0 Å². The lowest BCUT2D eigenvalue weighted by atomic mass is 9.54. The second-order valence-corrected chi connectivity index (χ2v) is 8.94. The minimum atomic E-state index is -0.0572. The van der Waals surface area contributed by atoms with Crippen LogP contribution in [0.1, 0.15) is 78.6 Å². The number of hydrogen-bond acceptors (Lipinski definition) is 3. The molecule has 0 N–H and O–H groups in total. The number of carbonyl (C=O) groups is 2. The number of rotatable bonds is 2. The molecule has 1 fully saturated rings. The molecule has 0 aromatic rings. The zero-order chi connectivity index (χ0) is 17.8. The lowest BCUT2D eigenvalue weighted by molar-refractivity contribution is -0.155. The minimum absolute atomic E-state index is 0.0572. The third-order valence-corrected chi connectivity index (χ3v) is 7.78. The monoisotopic (exact) mass is 342 g/mol. The Morgan fingerprint density at radius 3 is 2.72 bits per heavy atom. The topological polar surface area (TPSA) is 43.4 Å². The second-order valence-electron chi connectivity index (χ2n) is 8.94. The first-order valence-corrected chi connectivity index (χ1v) is 10.0. The molecule has 0 aromatic heterocycles. The van der Waals surface area contributed by atoms with Gasteiger partial charge in [0, 0.05) is 23.7 Å². The first kappa shape index (κ1) is 17.1. The fourth-order valence-electron chi connectivity index (χ4n) is 6.19. The van der Waals surface area contributed by atoms with E-state index in [0.29, 0.717) is 24.5 Å². The van der Waals surface area contributed by atoms with Gasteiger partial charge in [0.25, 0.3) is 0 Å². The average Bonchev–Trinajstić information content (AvgIpc) is 2.92. The van der Waals surface area contributed by atoms with Crippen LogP contribution in [-0.4, -0.2) is 17.9 Å². The van der Waals surface area contributed by atoms with Gasteiger partial charge in [-0.2, -0.15) is 0 Å². The van der Waals surface area contributed by atoms with Crippen LogP contribution < -0.4 is 0 Å². The van der Waals surface area contributed by atoms with Gasteiger partial charge in [0.1, 0.15) is 6.10 Å². The van der Waals surface area contributed by atoms with Crippen LogP contribution in [0.15, 0.2) is 22.8 Å². The Morgan fingerprint density at radius 1 is 1.16 bits per heavy atom. The zero-order valence-electron chi connectivity index (χ0n) is 15.8. The average molecular weight is 342 g/mol. The number of allylic oxidation sites excluding steroid dienone is 4. The van der Waals surface area contributed by atoms with Crippen molar-refractivity contribution in [2.75, 3.05) is 0 Å². The van der Waals surface area contributed by atoms with Crippen molar-refractivity contribution in [1.29, 1.82) is 0 Å². The quantitative estimate of drug-likeness (QED) is 0.529. The minimum Gasteiger partial charge on any atom is -0.462 e. The molecule has 4 aliphatic carbocycles. The van der Waals surface area contributed by atoms with E-state index in [0.717, 1.165) is 44.9 Å². The maximum atomic E-state index is 11.9. The van der Waals surface area contributed by atoms with E-state index < -0.39 is 0 Å². The Balaban J connectivity index is 1.68. The largest absolute Gasteiger partial charge is 0.462 e. The SMILES string of the molecule is CCC(=O)O[C@H]1CC[C@H]2C3=C(CC[C@]12C)[C@@]1(C)CCC(=O)C=C1CC3. The third kappa shape index (κ3) is 2.45. The highest BCUT2D eigenvalue weighted by Gasteiger charge is 2.55. The Morgan fingerprint density at radius 2 is 1.96 bits per heavy atom. The highest BCUT2D eigenvalue weighted by Crippen LogP contribution is 2.62. The van der Waals surface area contributed by atoms with Crippen LogP contribution in [-0.2, 0) is 14.3 Å². The molecule has 4 atom stereocenters. The number of carbonyl (C=O) groups excluding carboxylic acids is 2. The van der Waals surface area contributed by atoms with E-state index in [1.54, 1.807) is 11.1 Å². The van der Waals surface area contributed by atoms with Crippen LogP contribution in [0.5, 0.6) is 0 Å². The van der Waals surface area contributed by atoms with Crippen LogP contribution in [0.2, 0.25) is 0 Å². The molecule has 4 rings (SSSR count). The van der Waals surface area contributed by atoms with Crippen molar-refractivity contribution in [1.82, 2.24) is 0 Å². The molecule has 0 radical (unpaired) electrons. The second kappa shape index (κ2) is 5.82. The molecule has 1 saturated carbocycles. The maximum Gasteiger partial charge on any atom is 0.305 e. The molecule has 136 valence electrons. The summed E-state index contributed by atoms with van der Waals surface area (Å²) >= 11 is 0. The molecule has 0 unspecified atom stereocenters. The Labute approximate surface area is 150 Å². The van der Waals surface area contributed by atoms with Gasteiger partial charge >= 0.3 is 5.97 Å². The van der Waals surface area contributed by atoms with Crippen LogP contribution >= 0.6 is 0 Å². The first-order chi connectivity index (χ1) is 11.9. The molecule has 4 aliphatic rings. The van der Waals surface area contributed by atoms with Gasteiger partial charge in [-0.3, -0.25) is 9.59 Å². The number of ketones is 1. The van der Waals surface area contributed by atoms with Crippen LogP contribution in [0, 0.1) is 16.7 Å². The predicted octanol–water partition coefficient (Wildman–Crippen LogP) is 4.90. The van der Waals surface area contributed by atoms with Gasteiger partial charge < -0.3 is 4.74 Å². The normalized spacial score (nSPS) is 40.1. The van der Waals surface area contributed by atoms with Gasteiger partial charge in [0.05, 0.1) is 0 Å². The van der Waals surface area contributed by atoms with Crippen molar-refractivity contribution >= 4 is 11.8 Å². The van der Waals surface area contributed by atoms with Crippen molar-refractivity contribution in [3.05, 3.63) is 22.8 Å². The van der Waals surface area contributed by atoms with Crippen molar-refractivity contribution in [3.63, 3.8) is 0 Å². The summed E-state index contributed by atoms with van der Waals surface area (Å²) in [4.78, 5) is 23.8. The number of fused-ring (bicyclic) bond motifs is 4. The summed E-state index contributed by atoms with van der Waals surface area (Å²) in [5.74, 6) is 0.810. The number of esters is 1. The Bertz CT molecular complexity index is 685. The summed E-state index contributed by atoms with van der Waals surface area (Å²) in [6.07, 6.45) is 10.6. The van der Waals surface area contributed by atoms with Gasteiger partial charge in [0.15, 0.2) is 5.78 Å². The van der Waals surface area contributed by atoms with E-state index in [1.807, 2.05) is 13.0 Å². The van der Waals surface area contributed by atoms with Crippen LogP contribution in [0.4, 0.5) is 0 Å². The summed E-state index contributed by atoms with van der Waals surface area (Å²) in [5.41, 5.74) is 4.87. The molecule has 0 amide bonds. The van der Waals surface area contributed by atoms with Crippen molar-refractivity contribution in [2.24, 2.45) is 16.7 Å². The number of ether oxygens (including phenoxy) is 1. The molecule has 0 bridgehead atoms. The van der Waals surface area contributed by atoms with E-state index in [1.165, 1.54) is 5.57 Å². The highest BCUT2D eigenvalue weighted by atomic mass is 16.5. The highest BCUT2D eigenvalue weighted by molar-refractivity contribution is 5.92. The molecule has 0 saturated heterocycles. The molecule has 25 heavy (non-hydrogen) atoms. The van der Waals surface area contributed by atoms with E-state index in [2.05, 4.69) is 13.8 Å². The van der Waals surface area contributed by atoms with Crippen molar-refractivity contribution in [2.45, 2.75) is 84.7 Å². The summed E-state index contributed by atoms with van der Waals surface area (Å²) in [6, 6.07) is 0. The van der Waals surface area contributed by atoms with E-state index >= 15 is 0 Å². The summed E-state index contributed by atoms with van der Waals surface area (Å²) < 4.78 is 5.84. The first-order valence-electron chi connectivity index (χ1n) is 10.0. The fraction of sp³-hybridized carbons (Fsp3) is 0.727. The molecular weight excluding hydrogens is 312 g/mol. The van der Waals surface area contributed by atoms with Gasteiger partial charge in [-0.1, -0.05) is 37.5 Å². The molecule has 0 heterocycles. The zero-order valence-corrected chi connectivity index (χ0v) is 15.8. The molecule has 3 heteroatoms. The molecule has 3 nitrogen and oxygen atoms in total. The standard InChI is InChI=1S/C22H30O3/c1-4-20(24)25-19-8-7-17-16-6-5-14-13-15(23)9-11-21(14,2)18(16)10-12-22(17,19)3/h13,17,19H,4-12H2,1-3H3/t17-,19-,21-,22-/m0/s1. The van der Waals surface area contributed by atoms with Crippen molar-refractivity contribution in [3.8, 4) is 0 Å². The summed E-state index contributed by atoms with van der Waals surface area (Å²) in [7, 11) is 0. The molecule has 0 aliphatic heterocycles. The maximum absolute atomic E-state index is 11.9. The van der Waals surface area contributed by atoms with Gasteiger partial charge in [-0.15, -0.1) is 0 Å². The van der Waals surface area contributed by atoms with Crippen molar-refractivity contribution < 1.29 is 14.3 Å². The Hall–Kier alpha value is -1.38. The summed E-state index contributed by atoms with van der Waals surface area (Å²) in [5, 5.41) is 0. The molecule has 0 aromatic carbocycles. The molecule has 0 spiro atoms. The number of hydrogen-bond donors (Lipinski definition) is 0. The van der Waals surface area contributed by atoms with Crippen LogP contribution in [0.3, 0.4) is 0 Å². The summed E-state index contributed by atoms with van der Waals surface area (Å²) in [6.45, 7) is 6.59. The van der Waals surface area contributed by atoms with E-state index in [4.69, 9.17) is 4.74 Å². The van der Waals surface area contributed by atoms with Gasteiger partial charge in [-0.05, 0) is 56.9 Å². The van der Waals surface area contributed by atoms with E-state index in [-0.39, 0.29) is 22.9 Å². The Kier molecular flexibility index (Phi) is 3.97. The van der Waals surface area contributed by atoms with E-state index in [9.17, 15) is 9.59 Å². The lowest BCUT2D eigenvalue weighted by Crippen LogP contribution is -2.43. The molecular formula is C22H30O3. The predicted molar refractivity (Wildman–Crippen MR) is 96.9 cm³/mol. The lowest BCUT2D eigenvalue weighted by Gasteiger charge is -2.50. The fourth-order valence-corrected chi connectivity index (χ4v) is 6.19. The smallest absolute Gasteiger partial charge is 0.305 e. The van der Waals surface area contributed by atoms with Crippen LogP contribution in [0.25, 0.3) is 0 Å².